The second kappa shape index (κ2) is 5.74. The number of oxazole rings is 1. The van der Waals surface area contributed by atoms with Gasteiger partial charge in [-0.2, -0.15) is 5.10 Å². The minimum atomic E-state index is 0.537. The van der Waals surface area contributed by atoms with Gasteiger partial charge in [-0.3, -0.25) is 0 Å². The van der Waals surface area contributed by atoms with E-state index in [1.165, 1.54) is 0 Å². The third-order valence-electron chi connectivity index (χ3n) is 3.41. The molecule has 0 unspecified atom stereocenters. The van der Waals surface area contributed by atoms with E-state index in [2.05, 4.69) is 10.1 Å². The monoisotopic (exact) mass is 321 g/mol. The normalized spacial score (nSPS) is 11.5. The third-order valence-corrected chi connectivity index (χ3v) is 3.64. The molecule has 0 fully saturated rings. The van der Waals surface area contributed by atoms with E-state index >= 15 is 0 Å². The summed E-state index contributed by atoms with van der Waals surface area (Å²) in [6, 6.07) is 15.3. The Bertz CT molecular complexity index is 986. The van der Waals surface area contributed by atoms with Gasteiger partial charge in [0.05, 0.1) is 11.9 Å². The van der Waals surface area contributed by atoms with E-state index in [9.17, 15) is 0 Å². The van der Waals surface area contributed by atoms with E-state index in [4.69, 9.17) is 16.0 Å². The fourth-order valence-electron chi connectivity index (χ4n) is 2.30. The van der Waals surface area contributed by atoms with Crippen molar-refractivity contribution in [3.8, 4) is 5.69 Å². The van der Waals surface area contributed by atoms with Crippen molar-refractivity contribution in [1.29, 1.82) is 0 Å². The zero-order chi connectivity index (χ0) is 15.6. The van der Waals surface area contributed by atoms with Crippen LogP contribution in [-0.2, 0) is 0 Å². The van der Waals surface area contributed by atoms with Crippen LogP contribution in [-0.4, -0.2) is 14.8 Å². The Labute approximate surface area is 137 Å². The number of hydrogen-bond donors (Lipinski definition) is 0. The predicted molar refractivity (Wildman–Crippen MR) is 91.5 cm³/mol. The molecule has 0 radical (unpaired) electrons. The van der Waals surface area contributed by atoms with Crippen LogP contribution in [0, 0.1) is 0 Å². The van der Waals surface area contributed by atoms with Crippen molar-refractivity contribution in [2.24, 2.45) is 0 Å². The van der Waals surface area contributed by atoms with Crippen LogP contribution in [0.3, 0.4) is 0 Å². The molecule has 2 heterocycles. The summed E-state index contributed by atoms with van der Waals surface area (Å²) in [7, 11) is 0. The summed E-state index contributed by atoms with van der Waals surface area (Å²) in [5, 5.41) is 4.99. The van der Waals surface area contributed by atoms with Crippen LogP contribution >= 0.6 is 11.6 Å². The number of rotatable bonds is 3. The molecule has 0 bridgehead atoms. The van der Waals surface area contributed by atoms with Crippen molar-refractivity contribution in [3.05, 3.63) is 77.4 Å². The zero-order valence-corrected chi connectivity index (χ0v) is 12.8. The van der Waals surface area contributed by atoms with Gasteiger partial charge in [-0.05, 0) is 36.4 Å². The first-order valence-electron chi connectivity index (χ1n) is 7.12. The molecule has 0 N–H and O–H groups in total. The molecule has 23 heavy (non-hydrogen) atoms. The zero-order valence-electron chi connectivity index (χ0n) is 12.1. The van der Waals surface area contributed by atoms with Crippen LogP contribution in [0.1, 0.15) is 11.5 Å². The van der Waals surface area contributed by atoms with Gasteiger partial charge in [0.25, 0.3) is 0 Å². The van der Waals surface area contributed by atoms with E-state index in [0.717, 1.165) is 16.8 Å². The Kier molecular flexibility index (Phi) is 3.44. The molecule has 0 aliphatic heterocycles. The van der Waals surface area contributed by atoms with Gasteiger partial charge in [-0.15, -0.1) is 0 Å². The van der Waals surface area contributed by atoms with E-state index in [-0.39, 0.29) is 0 Å². The lowest BCUT2D eigenvalue weighted by molar-refractivity contribution is 0.590. The van der Waals surface area contributed by atoms with Gasteiger partial charge in [-0.25, -0.2) is 9.67 Å². The van der Waals surface area contributed by atoms with Gasteiger partial charge in [-0.1, -0.05) is 29.8 Å². The molecule has 0 aliphatic carbocycles. The quantitative estimate of drug-likeness (QED) is 0.542. The molecular weight excluding hydrogens is 310 g/mol. The van der Waals surface area contributed by atoms with Crippen molar-refractivity contribution in [1.82, 2.24) is 14.8 Å². The maximum Gasteiger partial charge on any atom is 0.220 e. The number of para-hydroxylation sites is 1. The smallest absolute Gasteiger partial charge is 0.220 e. The largest absolute Gasteiger partial charge is 0.437 e. The maximum atomic E-state index is 5.95. The minimum Gasteiger partial charge on any atom is -0.437 e. The number of fused-ring (bicyclic) bond motifs is 1. The van der Waals surface area contributed by atoms with Crippen LogP contribution in [0.5, 0.6) is 0 Å². The molecule has 112 valence electrons. The fraction of sp³-hybridized carbons (Fsp3) is 0. The summed E-state index contributed by atoms with van der Waals surface area (Å²) in [4.78, 5) is 4.39. The van der Waals surface area contributed by atoms with Crippen molar-refractivity contribution in [3.63, 3.8) is 0 Å². The van der Waals surface area contributed by atoms with Gasteiger partial charge in [0.2, 0.25) is 5.89 Å². The highest BCUT2D eigenvalue weighted by Crippen LogP contribution is 2.21. The topological polar surface area (TPSA) is 43.9 Å². The van der Waals surface area contributed by atoms with Gasteiger partial charge in [0.1, 0.15) is 5.52 Å². The summed E-state index contributed by atoms with van der Waals surface area (Å²) >= 11 is 5.95. The van der Waals surface area contributed by atoms with Crippen molar-refractivity contribution in [2.45, 2.75) is 0 Å². The molecule has 4 nitrogen and oxygen atoms in total. The number of halogens is 1. The van der Waals surface area contributed by atoms with E-state index in [1.807, 2.05) is 59.4 Å². The van der Waals surface area contributed by atoms with Crippen LogP contribution in [0.15, 0.2) is 65.3 Å². The third kappa shape index (κ3) is 2.89. The predicted octanol–water partition coefficient (Wildman–Crippen LogP) is 4.84. The number of hydrogen-bond acceptors (Lipinski definition) is 3. The number of nitrogens with zero attached hydrogens (tertiary/aromatic N) is 3. The number of aromatic nitrogens is 3. The molecule has 4 rings (SSSR count). The van der Waals surface area contributed by atoms with Crippen LogP contribution in [0.25, 0.3) is 28.9 Å². The van der Waals surface area contributed by atoms with Gasteiger partial charge >= 0.3 is 0 Å². The highest BCUT2D eigenvalue weighted by molar-refractivity contribution is 6.31. The molecule has 0 saturated heterocycles. The van der Waals surface area contributed by atoms with Gasteiger partial charge < -0.3 is 4.42 Å². The Morgan fingerprint density at radius 3 is 2.78 bits per heavy atom. The lowest BCUT2D eigenvalue weighted by Gasteiger charge is -1.98. The molecule has 2 aromatic carbocycles. The SMILES string of the molecule is Clc1ccc2oc(C=Cc3cnn(-c4ccccc4)c3)nc2c1. The molecular formula is C18H12ClN3O. The summed E-state index contributed by atoms with van der Waals surface area (Å²) in [5.41, 5.74) is 3.45. The summed E-state index contributed by atoms with van der Waals surface area (Å²) in [6.07, 6.45) is 7.48. The molecule has 0 atom stereocenters. The average Bonchev–Trinajstić information content (AvgIpc) is 3.20. The van der Waals surface area contributed by atoms with Gasteiger partial charge in [0.15, 0.2) is 5.58 Å². The summed E-state index contributed by atoms with van der Waals surface area (Å²) in [6.45, 7) is 0. The molecule has 0 spiro atoms. The average molecular weight is 322 g/mol. The lowest BCUT2D eigenvalue weighted by Crippen LogP contribution is -1.92. The van der Waals surface area contributed by atoms with E-state index in [0.29, 0.717) is 16.5 Å². The standard InChI is InChI=1S/C18H12ClN3O/c19-14-7-8-17-16(10-14)21-18(23-17)9-6-13-11-20-22(12-13)15-4-2-1-3-5-15/h1-12H. The van der Waals surface area contributed by atoms with E-state index in [1.54, 1.807) is 18.3 Å². The summed E-state index contributed by atoms with van der Waals surface area (Å²) in [5.74, 6) is 0.537. The minimum absolute atomic E-state index is 0.537. The fourth-order valence-corrected chi connectivity index (χ4v) is 2.47. The Hall–Kier alpha value is -2.85. The first-order chi connectivity index (χ1) is 11.3. The van der Waals surface area contributed by atoms with Crippen LogP contribution in [0.2, 0.25) is 5.02 Å². The first-order valence-corrected chi connectivity index (χ1v) is 7.50. The maximum absolute atomic E-state index is 5.95. The summed E-state index contributed by atoms with van der Waals surface area (Å²) < 4.78 is 7.48. The molecule has 0 amide bonds. The van der Waals surface area contributed by atoms with Crippen molar-refractivity contribution in [2.75, 3.05) is 0 Å². The van der Waals surface area contributed by atoms with Crippen LogP contribution in [0.4, 0.5) is 0 Å². The van der Waals surface area contributed by atoms with Crippen molar-refractivity contribution >= 4 is 34.9 Å². The molecule has 0 saturated carbocycles. The molecule has 2 aromatic heterocycles. The Morgan fingerprint density at radius 2 is 1.91 bits per heavy atom. The van der Waals surface area contributed by atoms with Gasteiger partial charge in [0, 0.05) is 22.9 Å². The highest BCUT2D eigenvalue weighted by Gasteiger charge is 2.04. The van der Waals surface area contributed by atoms with Crippen LogP contribution < -0.4 is 0 Å². The second-order valence-electron chi connectivity index (χ2n) is 5.05. The number of benzene rings is 2. The molecule has 4 aromatic rings. The highest BCUT2D eigenvalue weighted by atomic mass is 35.5. The molecule has 0 aliphatic rings. The lowest BCUT2D eigenvalue weighted by atomic mass is 10.3. The second-order valence-corrected chi connectivity index (χ2v) is 5.49. The Morgan fingerprint density at radius 1 is 1.04 bits per heavy atom. The first kappa shape index (κ1) is 13.8. The molecule has 5 heteroatoms. The van der Waals surface area contributed by atoms with Crippen molar-refractivity contribution < 1.29 is 4.42 Å². The Balaban J connectivity index is 1.59. The van der Waals surface area contributed by atoms with E-state index < -0.39 is 0 Å².